The average molecular weight is 302 g/mol. The van der Waals surface area contributed by atoms with Gasteiger partial charge in [-0.15, -0.1) is 11.3 Å². The fourth-order valence-electron chi connectivity index (χ4n) is 2.01. The molecule has 2 rings (SSSR count). The van der Waals surface area contributed by atoms with Gasteiger partial charge < -0.3 is 5.32 Å². The molecule has 1 fully saturated rings. The molecular weight excluding hydrogens is 282 g/mol. The molecule has 1 atom stereocenters. The zero-order valence-electron chi connectivity index (χ0n) is 9.84. The number of hydrogen-bond donors (Lipinski definition) is 1. The minimum atomic E-state index is 0.565. The van der Waals surface area contributed by atoms with E-state index in [2.05, 4.69) is 39.6 Å². The molecule has 1 N–H and O–H groups in total. The summed E-state index contributed by atoms with van der Waals surface area (Å²) in [5, 5.41) is 5.85. The van der Waals surface area contributed by atoms with Crippen LogP contribution in [0.1, 0.15) is 49.9 Å². The Labute approximate surface area is 111 Å². The van der Waals surface area contributed by atoms with E-state index in [0.717, 1.165) is 12.5 Å². The molecule has 1 saturated carbocycles. The molecule has 0 radical (unpaired) electrons. The van der Waals surface area contributed by atoms with Crippen LogP contribution in [0.2, 0.25) is 0 Å². The van der Waals surface area contributed by atoms with Crippen LogP contribution in [0.4, 0.5) is 0 Å². The lowest BCUT2D eigenvalue weighted by Gasteiger charge is -2.17. The highest BCUT2D eigenvalue weighted by atomic mass is 79.9. The van der Waals surface area contributed by atoms with E-state index in [-0.39, 0.29) is 0 Å². The third-order valence-electron chi connectivity index (χ3n) is 3.16. The molecule has 1 aromatic rings. The molecule has 1 aliphatic carbocycles. The van der Waals surface area contributed by atoms with Crippen molar-refractivity contribution in [2.24, 2.45) is 5.92 Å². The lowest BCUT2D eigenvalue weighted by Crippen LogP contribution is -2.21. The summed E-state index contributed by atoms with van der Waals surface area (Å²) in [6.07, 6.45) is 6.83. The molecule has 0 bridgehead atoms. The molecule has 1 nitrogen and oxygen atoms in total. The van der Waals surface area contributed by atoms with Crippen molar-refractivity contribution in [1.29, 1.82) is 0 Å². The first-order valence-corrected chi connectivity index (χ1v) is 7.94. The molecule has 1 heterocycles. The minimum absolute atomic E-state index is 0.565. The summed E-state index contributed by atoms with van der Waals surface area (Å²) in [6.45, 7) is 3.36. The Bertz CT molecular complexity index is 319. The number of nitrogens with one attached hydrogen (secondary N) is 1. The number of halogens is 1. The smallest absolute Gasteiger partial charge is 0.0426 e. The normalized spacial score (nSPS) is 17.6. The van der Waals surface area contributed by atoms with E-state index < -0.39 is 0 Å². The number of rotatable bonds is 7. The van der Waals surface area contributed by atoms with Gasteiger partial charge in [-0.05, 0) is 59.1 Å². The monoisotopic (exact) mass is 301 g/mol. The molecule has 16 heavy (non-hydrogen) atoms. The van der Waals surface area contributed by atoms with Gasteiger partial charge in [-0.3, -0.25) is 0 Å². The quantitative estimate of drug-likeness (QED) is 0.767. The largest absolute Gasteiger partial charge is 0.309 e. The average Bonchev–Trinajstić information content (AvgIpc) is 3.02. The number of hydrogen-bond acceptors (Lipinski definition) is 2. The second kappa shape index (κ2) is 6.18. The van der Waals surface area contributed by atoms with Crippen molar-refractivity contribution in [1.82, 2.24) is 5.32 Å². The van der Waals surface area contributed by atoms with Crippen molar-refractivity contribution in [3.63, 3.8) is 0 Å². The fourth-order valence-corrected chi connectivity index (χ4v) is 3.77. The first-order valence-electron chi connectivity index (χ1n) is 6.27. The van der Waals surface area contributed by atoms with Gasteiger partial charge in [-0.1, -0.05) is 19.8 Å². The topological polar surface area (TPSA) is 12.0 Å². The Hall–Kier alpha value is 0.140. The molecule has 0 amide bonds. The van der Waals surface area contributed by atoms with E-state index in [9.17, 15) is 0 Å². The second-order valence-electron chi connectivity index (χ2n) is 4.66. The molecule has 3 heteroatoms. The Kier molecular flexibility index (Phi) is 4.86. The predicted molar refractivity (Wildman–Crippen MR) is 75.0 cm³/mol. The maximum Gasteiger partial charge on any atom is 0.0426 e. The highest BCUT2D eigenvalue weighted by Gasteiger charge is 2.23. The van der Waals surface area contributed by atoms with Crippen LogP contribution in [-0.2, 0) is 0 Å². The lowest BCUT2D eigenvalue weighted by molar-refractivity contribution is 0.475. The molecular formula is C13H20BrNS. The van der Waals surface area contributed by atoms with Gasteiger partial charge in [0.05, 0.1) is 0 Å². The van der Waals surface area contributed by atoms with Crippen LogP contribution >= 0.6 is 27.3 Å². The molecule has 0 aromatic carbocycles. The van der Waals surface area contributed by atoms with Crippen LogP contribution in [0, 0.1) is 5.92 Å². The van der Waals surface area contributed by atoms with Crippen LogP contribution < -0.4 is 5.32 Å². The van der Waals surface area contributed by atoms with Gasteiger partial charge in [-0.2, -0.15) is 0 Å². The number of thiophene rings is 1. The van der Waals surface area contributed by atoms with Crippen LogP contribution in [0.25, 0.3) is 0 Å². The Morgan fingerprint density at radius 1 is 1.56 bits per heavy atom. The van der Waals surface area contributed by atoms with Crippen LogP contribution in [0.15, 0.2) is 15.9 Å². The van der Waals surface area contributed by atoms with Crippen LogP contribution in [-0.4, -0.2) is 6.54 Å². The Morgan fingerprint density at radius 3 is 2.94 bits per heavy atom. The maximum absolute atomic E-state index is 3.68. The van der Waals surface area contributed by atoms with Gasteiger partial charge in [0.2, 0.25) is 0 Å². The predicted octanol–water partition coefficient (Wildman–Crippen LogP) is 4.74. The third kappa shape index (κ3) is 3.57. The third-order valence-corrected chi connectivity index (χ3v) is 5.15. The zero-order chi connectivity index (χ0) is 11.4. The summed E-state index contributed by atoms with van der Waals surface area (Å²) in [5.74, 6) is 1.03. The van der Waals surface area contributed by atoms with Crippen LogP contribution in [0.3, 0.4) is 0 Å². The molecule has 0 spiro atoms. The highest BCUT2D eigenvalue weighted by molar-refractivity contribution is 9.10. The van der Waals surface area contributed by atoms with Gasteiger partial charge >= 0.3 is 0 Å². The summed E-state index contributed by atoms with van der Waals surface area (Å²) in [6, 6.07) is 2.73. The maximum atomic E-state index is 3.68. The van der Waals surface area contributed by atoms with E-state index in [1.165, 1.54) is 41.5 Å². The van der Waals surface area contributed by atoms with Crippen molar-refractivity contribution < 1.29 is 0 Å². The zero-order valence-corrected chi connectivity index (χ0v) is 12.2. The summed E-state index contributed by atoms with van der Waals surface area (Å²) in [4.78, 5) is 1.48. The van der Waals surface area contributed by atoms with Gasteiger partial charge in [0.25, 0.3) is 0 Å². The SMILES string of the molecule is CCCNC(CCC1CC1)c1sccc1Br. The van der Waals surface area contributed by atoms with E-state index in [4.69, 9.17) is 0 Å². The fraction of sp³-hybridized carbons (Fsp3) is 0.692. The molecule has 0 saturated heterocycles. The van der Waals surface area contributed by atoms with Gasteiger partial charge in [0.15, 0.2) is 0 Å². The first kappa shape index (κ1) is 12.6. The first-order chi connectivity index (χ1) is 7.81. The van der Waals surface area contributed by atoms with Gasteiger partial charge in [0.1, 0.15) is 0 Å². The van der Waals surface area contributed by atoms with Gasteiger partial charge in [-0.25, -0.2) is 0 Å². The second-order valence-corrected chi connectivity index (χ2v) is 6.46. The molecule has 1 aliphatic rings. The van der Waals surface area contributed by atoms with E-state index in [1.54, 1.807) is 0 Å². The Balaban J connectivity index is 1.92. The van der Waals surface area contributed by atoms with Crippen LogP contribution in [0.5, 0.6) is 0 Å². The molecule has 1 unspecified atom stereocenters. The summed E-state index contributed by atoms with van der Waals surface area (Å²) in [5.41, 5.74) is 0. The standard InChI is InChI=1S/C13H20BrNS/c1-2-8-15-12(6-5-10-3-4-10)13-11(14)7-9-16-13/h7,9-10,12,15H,2-6,8H2,1H3. The summed E-state index contributed by atoms with van der Waals surface area (Å²) < 4.78 is 1.28. The highest BCUT2D eigenvalue weighted by Crippen LogP contribution is 2.38. The Morgan fingerprint density at radius 2 is 2.38 bits per heavy atom. The summed E-state index contributed by atoms with van der Waals surface area (Å²) >= 11 is 5.52. The van der Waals surface area contributed by atoms with E-state index in [1.807, 2.05) is 11.3 Å². The molecule has 90 valence electrons. The summed E-state index contributed by atoms with van der Waals surface area (Å²) in [7, 11) is 0. The molecule has 1 aromatic heterocycles. The van der Waals surface area contributed by atoms with Crippen molar-refractivity contribution in [3.8, 4) is 0 Å². The van der Waals surface area contributed by atoms with E-state index in [0.29, 0.717) is 6.04 Å². The van der Waals surface area contributed by atoms with Gasteiger partial charge in [0, 0.05) is 15.4 Å². The molecule has 0 aliphatic heterocycles. The van der Waals surface area contributed by atoms with Crippen molar-refractivity contribution in [2.45, 2.75) is 45.1 Å². The van der Waals surface area contributed by atoms with Crippen molar-refractivity contribution in [3.05, 3.63) is 20.8 Å². The van der Waals surface area contributed by atoms with E-state index >= 15 is 0 Å². The lowest BCUT2D eigenvalue weighted by atomic mass is 10.1. The van der Waals surface area contributed by atoms with Crippen molar-refractivity contribution in [2.75, 3.05) is 6.54 Å². The van der Waals surface area contributed by atoms with Crippen molar-refractivity contribution >= 4 is 27.3 Å². The minimum Gasteiger partial charge on any atom is -0.309 e.